The number of carbonyl (C=O) groups excluding carboxylic acids is 1. The minimum Gasteiger partial charge on any atom is -0.380 e. The molecule has 24 heavy (non-hydrogen) atoms. The second-order valence-corrected chi connectivity index (χ2v) is 6.20. The fourth-order valence-corrected chi connectivity index (χ4v) is 2.60. The first-order chi connectivity index (χ1) is 11.0. The Hall–Kier alpha value is -1.83. The number of amides is 2. The van der Waals surface area contributed by atoms with Gasteiger partial charge in [0.1, 0.15) is 5.82 Å². The number of urea groups is 1. The molecule has 0 bridgehead atoms. The molecule has 1 aromatic rings. The number of hydrogen-bond donors (Lipinski definition) is 2. The molecule has 0 radical (unpaired) electrons. The fourth-order valence-electron chi connectivity index (χ4n) is 2.60. The number of halogens is 4. The van der Waals surface area contributed by atoms with Crippen LogP contribution in [0.25, 0.3) is 0 Å². The number of benzene rings is 1. The lowest BCUT2D eigenvalue weighted by molar-refractivity contribution is -0.271. The van der Waals surface area contributed by atoms with Crippen molar-refractivity contribution in [1.82, 2.24) is 10.2 Å². The van der Waals surface area contributed by atoms with E-state index in [9.17, 15) is 27.5 Å². The number of hydrogen-bond acceptors (Lipinski definition) is 2. The molecule has 1 saturated heterocycles. The molecule has 0 aromatic heterocycles. The van der Waals surface area contributed by atoms with Gasteiger partial charge in [0.2, 0.25) is 0 Å². The molecular weight excluding hydrogens is 328 g/mol. The number of nitrogens with zero attached hydrogens (tertiary/aromatic N) is 1. The van der Waals surface area contributed by atoms with Crippen molar-refractivity contribution in [2.75, 3.05) is 13.1 Å². The highest BCUT2D eigenvalue weighted by atomic mass is 19.4. The molecule has 1 aromatic carbocycles. The molecule has 2 amide bonds. The third-order valence-electron chi connectivity index (χ3n) is 4.44. The molecule has 1 unspecified atom stereocenters. The van der Waals surface area contributed by atoms with E-state index < -0.39 is 36.7 Å². The Bertz CT molecular complexity index is 611. The molecule has 0 aliphatic carbocycles. The molecule has 8 heteroatoms. The molecule has 4 nitrogen and oxygen atoms in total. The van der Waals surface area contributed by atoms with Gasteiger partial charge in [-0.15, -0.1) is 0 Å². The van der Waals surface area contributed by atoms with Crippen molar-refractivity contribution in [2.45, 2.75) is 44.5 Å². The Morgan fingerprint density at radius 1 is 1.33 bits per heavy atom. The third kappa shape index (κ3) is 3.80. The maximum Gasteiger partial charge on any atom is 0.417 e. The van der Waals surface area contributed by atoms with Gasteiger partial charge >= 0.3 is 12.2 Å². The minimum absolute atomic E-state index is 0.198. The van der Waals surface area contributed by atoms with Crippen molar-refractivity contribution in [2.24, 2.45) is 0 Å². The van der Waals surface area contributed by atoms with E-state index in [0.29, 0.717) is 11.1 Å². The number of carbonyl (C=O) groups is 1. The van der Waals surface area contributed by atoms with Crippen LogP contribution >= 0.6 is 0 Å². The topological polar surface area (TPSA) is 52.6 Å². The van der Waals surface area contributed by atoms with Crippen LogP contribution in [0.2, 0.25) is 0 Å². The van der Waals surface area contributed by atoms with Gasteiger partial charge in [-0.1, -0.05) is 12.1 Å². The minimum atomic E-state index is -4.71. The Morgan fingerprint density at radius 3 is 2.42 bits per heavy atom. The average molecular weight is 348 g/mol. The Morgan fingerprint density at radius 2 is 1.92 bits per heavy atom. The molecule has 134 valence electrons. The lowest BCUT2D eigenvalue weighted by Gasteiger charge is -2.39. The lowest BCUT2D eigenvalue weighted by atomic mass is 9.91. The van der Waals surface area contributed by atoms with E-state index in [1.54, 1.807) is 26.0 Å². The summed E-state index contributed by atoms with van der Waals surface area (Å²) in [6.07, 6.45) is -5.82. The van der Waals surface area contributed by atoms with Gasteiger partial charge in [-0.05, 0) is 31.0 Å². The predicted molar refractivity (Wildman–Crippen MR) is 79.9 cm³/mol. The van der Waals surface area contributed by atoms with Gasteiger partial charge in [-0.2, -0.15) is 13.2 Å². The van der Waals surface area contributed by atoms with Crippen LogP contribution in [0, 0.1) is 12.7 Å². The normalized spacial score (nSPS) is 19.0. The summed E-state index contributed by atoms with van der Waals surface area (Å²) in [7, 11) is 0. The lowest BCUT2D eigenvalue weighted by Crippen LogP contribution is -2.56. The van der Waals surface area contributed by atoms with Gasteiger partial charge in [-0.3, -0.25) is 0 Å². The second-order valence-electron chi connectivity index (χ2n) is 6.20. The summed E-state index contributed by atoms with van der Waals surface area (Å²) in [5, 5.41) is 12.2. The molecule has 1 aliphatic heterocycles. The second kappa shape index (κ2) is 6.58. The monoisotopic (exact) mass is 348 g/mol. The van der Waals surface area contributed by atoms with E-state index in [0.717, 1.165) is 0 Å². The van der Waals surface area contributed by atoms with E-state index >= 15 is 0 Å². The Balaban J connectivity index is 1.95. The zero-order valence-corrected chi connectivity index (χ0v) is 13.5. The van der Waals surface area contributed by atoms with Gasteiger partial charge in [-0.25, -0.2) is 9.18 Å². The molecule has 0 saturated carbocycles. The highest BCUT2D eigenvalue weighted by Gasteiger charge is 2.54. The molecule has 0 spiro atoms. The summed E-state index contributed by atoms with van der Waals surface area (Å²) in [4.78, 5) is 13.4. The fraction of sp³-hybridized carbons (Fsp3) is 0.562. The van der Waals surface area contributed by atoms with E-state index in [2.05, 4.69) is 5.32 Å². The van der Waals surface area contributed by atoms with Crippen molar-refractivity contribution < 1.29 is 27.5 Å². The van der Waals surface area contributed by atoms with Gasteiger partial charge < -0.3 is 15.3 Å². The zero-order valence-electron chi connectivity index (χ0n) is 13.5. The predicted octanol–water partition coefficient (Wildman–Crippen LogP) is 3.29. The number of piperidine rings is 1. The van der Waals surface area contributed by atoms with Gasteiger partial charge in [0.25, 0.3) is 0 Å². The van der Waals surface area contributed by atoms with Crippen molar-refractivity contribution in [1.29, 1.82) is 0 Å². The van der Waals surface area contributed by atoms with Gasteiger partial charge in [0.05, 0.1) is 6.04 Å². The highest BCUT2D eigenvalue weighted by Crippen LogP contribution is 2.38. The molecule has 1 heterocycles. The first kappa shape index (κ1) is 18.5. The average Bonchev–Trinajstić information content (AvgIpc) is 2.49. The summed E-state index contributed by atoms with van der Waals surface area (Å²) in [6, 6.07) is 3.57. The zero-order chi connectivity index (χ0) is 18.1. The summed E-state index contributed by atoms with van der Waals surface area (Å²) >= 11 is 0. The number of aliphatic hydroxyl groups is 1. The quantitative estimate of drug-likeness (QED) is 0.806. The summed E-state index contributed by atoms with van der Waals surface area (Å²) < 4.78 is 51.8. The summed E-state index contributed by atoms with van der Waals surface area (Å²) in [5.74, 6) is -0.387. The van der Waals surface area contributed by atoms with E-state index in [4.69, 9.17) is 0 Å². The number of alkyl halides is 3. The smallest absolute Gasteiger partial charge is 0.380 e. The van der Waals surface area contributed by atoms with Crippen LogP contribution in [0.5, 0.6) is 0 Å². The molecule has 1 aliphatic rings. The van der Waals surface area contributed by atoms with Crippen LogP contribution in [0.4, 0.5) is 22.4 Å². The standard InChI is InChI=1S/C16H20F4N2O2/c1-10-3-4-12(9-13(10)17)11(2)21-14(23)22-7-5-15(24,6-8-22)16(18,19)20/h3-4,9,11,24H,5-8H2,1-2H3,(H,21,23). The van der Waals surface area contributed by atoms with Crippen molar-refractivity contribution in [3.8, 4) is 0 Å². The number of nitrogens with one attached hydrogen (secondary N) is 1. The first-order valence-electron chi connectivity index (χ1n) is 7.64. The van der Waals surface area contributed by atoms with Crippen molar-refractivity contribution >= 4 is 6.03 Å². The third-order valence-corrected chi connectivity index (χ3v) is 4.44. The molecule has 2 N–H and O–H groups in total. The van der Waals surface area contributed by atoms with Crippen LogP contribution in [0.15, 0.2) is 18.2 Å². The molecule has 1 fully saturated rings. The number of rotatable bonds is 2. The Kier molecular flexibility index (Phi) is 5.08. The summed E-state index contributed by atoms with van der Waals surface area (Å²) in [5.41, 5.74) is -1.69. The molecule has 1 atom stereocenters. The molecular formula is C16H20F4N2O2. The van der Waals surface area contributed by atoms with Crippen LogP contribution in [-0.4, -0.2) is 40.9 Å². The van der Waals surface area contributed by atoms with E-state index in [-0.39, 0.29) is 18.9 Å². The van der Waals surface area contributed by atoms with Crippen LogP contribution < -0.4 is 5.32 Å². The highest BCUT2D eigenvalue weighted by molar-refractivity contribution is 5.74. The first-order valence-corrected chi connectivity index (χ1v) is 7.64. The maximum atomic E-state index is 13.6. The van der Waals surface area contributed by atoms with Gasteiger partial charge in [0, 0.05) is 25.9 Å². The summed E-state index contributed by atoms with van der Waals surface area (Å²) in [6.45, 7) is 2.89. The van der Waals surface area contributed by atoms with Crippen LogP contribution in [-0.2, 0) is 0 Å². The SMILES string of the molecule is Cc1ccc(C(C)NC(=O)N2CCC(O)(C(F)(F)F)CC2)cc1F. The largest absolute Gasteiger partial charge is 0.417 e. The van der Waals surface area contributed by atoms with Crippen molar-refractivity contribution in [3.63, 3.8) is 0 Å². The number of aryl methyl sites for hydroxylation is 1. The maximum absolute atomic E-state index is 13.6. The van der Waals surface area contributed by atoms with Crippen LogP contribution in [0.1, 0.15) is 36.9 Å². The van der Waals surface area contributed by atoms with Crippen LogP contribution in [0.3, 0.4) is 0 Å². The molecule has 2 rings (SSSR count). The number of likely N-dealkylation sites (tertiary alicyclic amines) is 1. The Labute approximate surface area is 137 Å². The van der Waals surface area contributed by atoms with Gasteiger partial charge in [0.15, 0.2) is 5.60 Å². The van der Waals surface area contributed by atoms with E-state index in [1.165, 1.54) is 11.0 Å². The van der Waals surface area contributed by atoms with Crippen molar-refractivity contribution in [3.05, 3.63) is 35.1 Å². The van der Waals surface area contributed by atoms with E-state index in [1.807, 2.05) is 0 Å².